The third-order valence-electron chi connectivity index (χ3n) is 5.21. The van der Waals surface area contributed by atoms with Gasteiger partial charge in [-0.2, -0.15) is 0 Å². The summed E-state index contributed by atoms with van der Waals surface area (Å²) in [6.07, 6.45) is 1.08. The van der Waals surface area contributed by atoms with E-state index in [1.54, 1.807) is 0 Å². The molecular formula is C24H26N2. The van der Waals surface area contributed by atoms with E-state index in [4.69, 9.17) is 0 Å². The molecule has 1 aliphatic heterocycles. The van der Waals surface area contributed by atoms with Crippen LogP contribution in [0.1, 0.15) is 22.7 Å². The van der Waals surface area contributed by atoms with Crippen LogP contribution in [0, 0.1) is 0 Å². The summed E-state index contributed by atoms with van der Waals surface area (Å²) < 4.78 is 0. The van der Waals surface area contributed by atoms with Crippen molar-refractivity contribution in [3.8, 4) is 0 Å². The van der Waals surface area contributed by atoms with E-state index in [0.717, 1.165) is 26.1 Å². The molecule has 1 aliphatic rings. The van der Waals surface area contributed by atoms with E-state index < -0.39 is 0 Å². The summed E-state index contributed by atoms with van der Waals surface area (Å²) in [7, 11) is 0. The highest BCUT2D eigenvalue weighted by Crippen LogP contribution is 2.29. The molecule has 4 rings (SSSR count). The molecule has 1 saturated heterocycles. The molecule has 0 aliphatic carbocycles. The molecule has 0 bridgehead atoms. The zero-order valence-corrected chi connectivity index (χ0v) is 15.1. The van der Waals surface area contributed by atoms with Gasteiger partial charge in [0, 0.05) is 25.7 Å². The van der Waals surface area contributed by atoms with E-state index >= 15 is 0 Å². The van der Waals surface area contributed by atoms with Gasteiger partial charge in [0.15, 0.2) is 0 Å². The van der Waals surface area contributed by atoms with Crippen molar-refractivity contribution in [3.05, 3.63) is 108 Å². The Morgan fingerprint density at radius 3 is 1.88 bits per heavy atom. The molecule has 0 saturated carbocycles. The second kappa shape index (κ2) is 8.31. The minimum atomic E-state index is 0.317. The molecule has 1 fully saturated rings. The highest BCUT2D eigenvalue weighted by atomic mass is 15.2. The maximum absolute atomic E-state index is 3.71. The number of hydrogen-bond donors (Lipinski definition) is 1. The van der Waals surface area contributed by atoms with Gasteiger partial charge < -0.3 is 5.32 Å². The first-order valence-electron chi connectivity index (χ1n) is 9.51. The van der Waals surface area contributed by atoms with Gasteiger partial charge in [0.05, 0.1) is 6.04 Å². The Morgan fingerprint density at radius 1 is 0.769 bits per heavy atom. The van der Waals surface area contributed by atoms with Crippen molar-refractivity contribution in [2.24, 2.45) is 0 Å². The zero-order valence-electron chi connectivity index (χ0n) is 15.1. The average Bonchev–Trinajstić information content (AvgIpc) is 2.71. The third-order valence-corrected chi connectivity index (χ3v) is 5.21. The minimum absolute atomic E-state index is 0.317. The molecule has 3 aromatic rings. The summed E-state index contributed by atoms with van der Waals surface area (Å²) in [6, 6.07) is 33.4. The summed E-state index contributed by atoms with van der Waals surface area (Å²) in [5.41, 5.74) is 4.15. The molecule has 2 nitrogen and oxygen atoms in total. The molecular weight excluding hydrogens is 316 g/mol. The fraction of sp³-hybridized carbons (Fsp3) is 0.250. The molecule has 1 unspecified atom stereocenters. The second-order valence-corrected chi connectivity index (χ2v) is 7.06. The smallest absolute Gasteiger partial charge is 0.0602 e. The Morgan fingerprint density at radius 2 is 1.31 bits per heavy atom. The average molecular weight is 342 g/mol. The van der Waals surface area contributed by atoms with Crippen LogP contribution in [0.5, 0.6) is 0 Å². The molecule has 0 aromatic heterocycles. The van der Waals surface area contributed by atoms with Gasteiger partial charge in [-0.25, -0.2) is 0 Å². The lowest BCUT2D eigenvalue weighted by molar-refractivity contribution is 0.163. The SMILES string of the molecule is c1ccc(CC2CN(C(c3ccccc3)c3ccccc3)CCN2)cc1. The molecule has 132 valence electrons. The van der Waals surface area contributed by atoms with Crippen LogP contribution in [0.25, 0.3) is 0 Å². The highest BCUT2D eigenvalue weighted by Gasteiger charge is 2.27. The van der Waals surface area contributed by atoms with Gasteiger partial charge in [0.2, 0.25) is 0 Å². The first-order chi connectivity index (χ1) is 12.9. The van der Waals surface area contributed by atoms with E-state index in [0.29, 0.717) is 12.1 Å². The molecule has 0 spiro atoms. The van der Waals surface area contributed by atoms with Crippen molar-refractivity contribution in [1.29, 1.82) is 0 Å². The summed E-state index contributed by atoms with van der Waals surface area (Å²) >= 11 is 0. The molecule has 1 atom stereocenters. The minimum Gasteiger partial charge on any atom is -0.311 e. The van der Waals surface area contributed by atoms with Gasteiger partial charge >= 0.3 is 0 Å². The number of nitrogens with one attached hydrogen (secondary N) is 1. The standard InChI is InChI=1S/C24H26N2/c1-4-10-20(11-5-1)18-23-19-26(17-16-25-23)24(21-12-6-2-7-13-21)22-14-8-3-9-15-22/h1-15,23-25H,16-19H2. The van der Waals surface area contributed by atoms with Crippen molar-refractivity contribution < 1.29 is 0 Å². The van der Waals surface area contributed by atoms with E-state index in [2.05, 4.69) is 101 Å². The molecule has 1 N–H and O–H groups in total. The number of piperazine rings is 1. The van der Waals surface area contributed by atoms with E-state index in [-0.39, 0.29) is 0 Å². The lowest BCUT2D eigenvalue weighted by atomic mass is 9.95. The third kappa shape index (κ3) is 4.04. The topological polar surface area (TPSA) is 15.3 Å². The normalized spacial score (nSPS) is 18.1. The van der Waals surface area contributed by atoms with Crippen molar-refractivity contribution in [1.82, 2.24) is 10.2 Å². The Labute approximate surface area is 156 Å². The number of hydrogen-bond acceptors (Lipinski definition) is 2. The predicted octanol–water partition coefficient (Wildman–Crippen LogP) is 4.29. The van der Waals surface area contributed by atoms with Gasteiger partial charge in [0.1, 0.15) is 0 Å². The summed E-state index contributed by atoms with van der Waals surface area (Å²) in [6.45, 7) is 3.16. The van der Waals surface area contributed by atoms with E-state index in [1.165, 1.54) is 16.7 Å². The lowest BCUT2D eigenvalue weighted by Gasteiger charge is -2.39. The maximum Gasteiger partial charge on any atom is 0.0602 e. The molecule has 0 radical (unpaired) electrons. The van der Waals surface area contributed by atoms with Gasteiger partial charge in [-0.05, 0) is 23.1 Å². The van der Waals surface area contributed by atoms with Gasteiger partial charge in [0.25, 0.3) is 0 Å². The Kier molecular flexibility index (Phi) is 5.44. The predicted molar refractivity (Wildman–Crippen MR) is 108 cm³/mol. The zero-order chi connectivity index (χ0) is 17.6. The van der Waals surface area contributed by atoms with Crippen LogP contribution in [-0.4, -0.2) is 30.6 Å². The highest BCUT2D eigenvalue weighted by molar-refractivity contribution is 5.32. The van der Waals surface area contributed by atoms with Gasteiger partial charge in [-0.1, -0.05) is 91.0 Å². The van der Waals surface area contributed by atoms with Crippen molar-refractivity contribution in [2.45, 2.75) is 18.5 Å². The number of nitrogens with zero attached hydrogens (tertiary/aromatic N) is 1. The molecule has 2 heteroatoms. The number of benzene rings is 3. The van der Waals surface area contributed by atoms with Gasteiger partial charge in [-0.15, -0.1) is 0 Å². The monoisotopic (exact) mass is 342 g/mol. The summed E-state index contributed by atoms with van der Waals surface area (Å²) in [5, 5.41) is 3.71. The Balaban J connectivity index is 1.57. The van der Waals surface area contributed by atoms with Crippen LogP contribution in [0.3, 0.4) is 0 Å². The van der Waals surface area contributed by atoms with Crippen molar-refractivity contribution in [2.75, 3.05) is 19.6 Å². The molecule has 3 aromatic carbocycles. The fourth-order valence-electron chi connectivity index (χ4n) is 4.01. The number of rotatable bonds is 5. The Hall–Kier alpha value is -2.42. The van der Waals surface area contributed by atoms with Crippen LogP contribution in [-0.2, 0) is 6.42 Å². The van der Waals surface area contributed by atoms with Gasteiger partial charge in [-0.3, -0.25) is 4.90 Å². The van der Waals surface area contributed by atoms with Crippen LogP contribution in [0.15, 0.2) is 91.0 Å². The van der Waals surface area contributed by atoms with Crippen LogP contribution >= 0.6 is 0 Å². The summed E-state index contributed by atoms with van der Waals surface area (Å²) in [4.78, 5) is 2.63. The van der Waals surface area contributed by atoms with Crippen molar-refractivity contribution >= 4 is 0 Å². The lowest BCUT2D eigenvalue weighted by Crippen LogP contribution is -2.52. The summed E-state index contributed by atoms with van der Waals surface area (Å²) in [5.74, 6) is 0. The maximum atomic E-state index is 3.71. The molecule has 26 heavy (non-hydrogen) atoms. The molecule has 0 amide bonds. The van der Waals surface area contributed by atoms with E-state index in [1.807, 2.05) is 0 Å². The quantitative estimate of drug-likeness (QED) is 0.744. The second-order valence-electron chi connectivity index (χ2n) is 7.06. The largest absolute Gasteiger partial charge is 0.311 e. The van der Waals surface area contributed by atoms with Crippen LogP contribution in [0.4, 0.5) is 0 Å². The Bertz CT molecular complexity index is 747. The first kappa shape index (κ1) is 17.0. The van der Waals surface area contributed by atoms with Crippen LogP contribution < -0.4 is 5.32 Å². The fourth-order valence-corrected chi connectivity index (χ4v) is 4.01. The molecule has 1 heterocycles. The van der Waals surface area contributed by atoms with Crippen LogP contribution in [0.2, 0.25) is 0 Å². The van der Waals surface area contributed by atoms with E-state index in [9.17, 15) is 0 Å². The first-order valence-corrected chi connectivity index (χ1v) is 9.51. The van der Waals surface area contributed by atoms with Crippen molar-refractivity contribution in [3.63, 3.8) is 0 Å².